The standard InChI is InChI=1S/C28H23ClO.C26H24O3.C24H22O2.CH4/c29-26-18-10-7-11-21(26)20-30-27-19-28(22-12-3-1-4-13-22,23-14-5-2-6-15-23)25-17-9-8-16-24(25)27;27-25-21-13-7-8-14-22(21)26(19-9-3-1-4-10-19,20-11-5-2-6-12-20)23(25)15-16-24-28-17-18-29-24;25-17-9-16-22-23(26)20-14-7-8-15-21(20)24(22,18-10-3-1-4-11-18)19-12-5-2-6-13-19;/h1-18,27H,19-20H2;1-14,24,27H,15-18H2;1-8,10-15,22,25H,9,16-17H2;1H4. The maximum absolute atomic E-state index is 13.4. The third-order valence-electron chi connectivity index (χ3n) is 17.8. The van der Waals surface area contributed by atoms with E-state index in [-0.39, 0.29) is 43.5 Å². The van der Waals surface area contributed by atoms with Gasteiger partial charge in [0.25, 0.3) is 0 Å². The monoisotopic (exact) mass is 1150 g/mol. The third-order valence-corrected chi connectivity index (χ3v) is 18.2. The van der Waals surface area contributed by atoms with E-state index in [0.717, 1.165) is 73.5 Å². The van der Waals surface area contributed by atoms with E-state index in [0.29, 0.717) is 44.8 Å². The molecule has 0 amide bonds. The largest absolute Gasteiger partial charge is 0.507 e. The van der Waals surface area contributed by atoms with Gasteiger partial charge in [0, 0.05) is 40.5 Å². The van der Waals surface area contributed by atoms with Crippen molar-refractivity contribution in [2.75, 3.05) is 19.8 Å². The van der Waals surface area contributed by atoms with Gasteiger partial charge in [-0.15, -0.1) is 0 Å². The van der Waals surface area contributed by atoms with Gasteiger partial charge in [0.15, 0.2) is 12.1 Å². The quantitative estimate of drug-likeness (QED) is 0.106. The van der Waals surface area contributed by atoms with E-state index in [4.69, 9.17) is 25.8 Å². The van der Waals surface area contributed by atoms with Gasteiger partial charge in [-0.1, -0.05) is 292 Å². The summed E-state index contributed by atoms with van der Waals surface area (Å²) >= 11 is 6.38. The van der Waals surface area contributed by atoms with Crippen LogP contribution in [0.4, 0.5) is 0 Å². The predicted molar refractivity (Wildman–Crippen MR) is 347 cm³/mol. The van der Waals surface area contributed by atoms with Gasteiger partial charge in [-0.25, -0.2) is 0 Å². The Bertz CT molecular complexity index is 3750. The molecule has 0 saturated carbocycles. The fourth-order valence-electron chi connectivity index (χ4n) is 14.2. The molecule has 0 aromatic heterocycles. The summed E-state index contributed by atoms with van der Waals surface area (Å²) in [6.45, 7) is 1.87. The van der Waals surface area contributed by atoms with Gasteiger partial charge in [-0.05, 0) is 98.5 Å². The number of fused-ring (bicyclic) bond motifs is 3. The van der Waals surface area contributed by atoms with Gasteiger partial charge >= 0.3 is 0 Å². The van der Waals surface area contributed by atoms with Crippen LogP contribution in [0, 0.1) is 5.92 Å². The second kappa shape index (κ2) is 26.9. The van der Waals surface area contributed by atoms with Crippen LogP contribution < -0.4 is 0 Å². The zero-order valence-corrected chi connectivity index (χ0v) is 48.3. The molecular weight excluding hydrogens is 1080 g/mol. The molecule has 1 heterocycles. The van der Waals surface area contributed by atoms with Crippen molar-refractivity contribution in [1.29, 1.82) is 0 Å². The molecule has 1 fully saturated rings. The second-order valence-corrected chi connectivity index (χ2v) is 22.7. The molecule has 0 bridgehead atoms. The van der Waals surface area contributed by atoms with Crippen LogP contribution in [0.15, 0.2) is 285 Å². The predicted octanol–water partition coefficient (Wildman–Crippen LogP) is 18.0. The Labute approximate surface area is 512 Å². The summed E-state index contributed by atoms with van der Waals surface area (Å²) in [4.78, 5) is 13.4. The van der Waals surface area contributed by atoms with Crippen molar-refractivity contribution < 1.29 is 29.2 Å². The lowest BCUT2D eigenvalue weighted by Gasteiger charge is -2.37. The zero-order chi connectivity index (χ0) is 58.1. The number of ether oxygens (including phenoxy) is 3. The van der Waals surface area contributed by atoms with Crippen LogP contribution in [-0.4, -0.2) is 42.1 Å². The van der Waals surface area contributed by atoms with Crippen LogP contribution in [0.5, 0.6) is 0 Å². The lowest BCUT2D eigenvalue weighted by molar-refractivity contribution is -0.0464. The number of benzene rings is 10. The number of aliphatic hydroxyl groups excluding tert-OH is 2. The van der Waals surface area contributed by atoms with Crippen molar-refractivity contribution in [3.63, 3.8) is 0 Å². The van der Waals surface area contributed by atoms with Crippen molar-refractivity contribution in [2.45, 2.75) is 74.8 Å². The summed E-state index contributed by atoms with van der Waals surface area (Å²) < 4.78 is 17.9. The van der Waals surface area contributed by atoms with E-state index in [2.05, 4.69) is 176 Å². The van der Waals surface area contributed by atoms with Crippen LogP contribution in [-0.2, 0) is 37.1 Å². The number of hydrogen-bond acceptors (Lipinski definition) is 6. The van der Waals surface area contributed by atoms with Gasteiger partial charge in [0.2, 0.25) is 0 Å². The molecule has 3 aliphatic carbocycles. The maximum atomic E-state index is 13.4. The Morgan fingerprint density at radius 2 is 0.930 bits per heavy atom. The van der Waals surface area contributed by atoms with Gasteiger partial charge in [0.05, 0.1) is 36.8 Å². The topological polar surface area (TPSA) is 85.2 Å². The molecule has 0 spiro atoms. The summed E-state index contributed by atoms with van der Waals surface area (Å²) in [5.74, 6) is 0.352. The Morgan fingerprint density at radius 1 is 0.488 bits per heavy atom. The van der Waals surface area contributed by atoms with E-state index in [1.54, 1.807) is 0 Å². The van der Waals surface area contributed by atoms with Crippen LogP contribution in [0.2, 0.25) is 5.02 Å². The lowest BCUT2D eigenvalue weighted by Crippen LogP contribution is -2.36. The summed E-state index contributed by atoms with van der Waals surface area (Å²) in [5, 5.41) is 21.6. The number of halogens is 1. The molecular formula is C79H73ClO6. The van der Waals surface area contributed by atoms with E-state index < -0.39 is 10.8 Å². The number of ketones is 1. The minimum absolute atomic E-state index is 0. The molecule has 6 nitrogen and oxygen atoms in total. The molecule has 1 saturated heterocycles. The molecule has 4 aliphatic rings. The molecule has 10 aromatic rings. The van der Waals surface area contributed by atoms with Gasteiger partial charge < -0.3 is 24.4 Å². The molecule has 86 heavy (non-hydrogen) atoms. The molecule has 7 heteroatoms. The summed E-state index contributed by atoms with van der Waals surface area (Å²) in [6.07, 6.45) is 3.34. The average molecular weight is 1150 g/mol. The van der Waals surface area contributed by atoms with E-state index in [1.807, 2.05) is 103 Å². The van der Waals surface area contributed by atoms with Gasteiger partial charge in [-0.3, -0.25) is 4.79 Å². The highest BCUT2D eigenvalue weighted by Crippen LogP contribution is 2.57. The lowest BCUT2D eigenvalue weighted by atomic mass is 9.64. The Hall–Kier alpha value is -8.46. The first-order chi connectivity index (χ1) is 41.9. The normalized spacial score (nSPS) is 17.4. The van der Waals surface area contributed by atoms with Crippen LogP contribution >= 0.6 is 11.6 Å². The number of aliphatic hydroxyl groups is 2. The highest BCUT2D eigenvalue weighted by Gasteiger charge is 2.54. The molecule has 1 aliphatic heterocycles. The Balaban J connectivity index is 0.000000134. The van der Waals surface area contributed by atoms with E-state index >= 15 is 0 Å². The Morgan fingerprint density at radius 3 is 1.47 bits per heavy atom. The molecule has 0 radical (unpaired) electrons. The van der Waals surface area contributed by atoms with Gasteiger partial charge in [-0.2, -0.15) is 0 Å². The minimum atomic E-state index is -0.526. The van der Waals surface area contributed by atoms with Crippen LogP contribution in [0.3, 0.4) is 0 Å². The highest BCUT2D eigenvalue weighted by atomic mass is 35.5. The number of rotatable bonds is 15. The van der Waals surface area contributed by atoms with Crippen molar-refractivity contribution in [3.8, 4) is 0 Å². The van der Waals surface area contributed by atoms with Crippen molar-refractivity contribution in [1.82, 2.24) is 0 Å². The van der Waals surface area contributed by atoms with E-state index in [9.17, 15) is 15.0 Å². The highest BCUT2D eigenvalue weighted by molar-refractivity contribution is 6.31. The molecule has 10 aromatic carbocycles. The Kier molecular flexibility index (Phi) is 18.5. The first kappa shape index (κ1) is 59.3. The first-order valence-corrected chi connectivity index (χ1v) is 30.1. The fourth-order valence-corrected chi connectivity index (χ4v) is 14.4. The molecule has 2 unspecified atom stereocenters. The van der Waals surface area contributed by atoms with Crippen LogP contribution in [0.1, 0.15) is 123 Å². The van der Waals surface area contributed by atoms with Crippen molar-refractivity contribution in [2.24, 2.45) is 5.92 Å². The number of hydrogen-bond donors (Lipinski definition) is 2. The van der Waals surface area contributed by atoms with Crippen LogP contribution in [0.25, 0.3) is 5.76 Å². The molecule has 2 N–H and O–H groups in total. The SMILES string of the molecule is C.Clc1ccccc1COC1CC(c2ccccc2)(c2ccccc2)c2ccccc21.O=C1c2ccccc2C(c2ccccc2)(c2ccccc2)C1CCCO.OC1=C(CCC2OCCO2)C(c2ccccc2)(c2ccccc2)c2ccccc21. The summed E-state index contributed by atoms with van der Waals surface area (Å²) in [5.41, 5.74) is 14.4. The molecule has 14 rings (SSSR count). The van der Waals surface area contributed by atoms with Crippen molar-refractivity contribution >= 4 is 23.1 Å². The number of carbonyl (C=O) groups is 1. The molecule has 432 valence electrons. The minimum Gasteiger partial charge on any atom is -0.507 e. The number of Topliss-reactive ketones (excluding diaryl/α,β-unsaturated/α-hetero) is 1. The first-order valence-electron chi connectivity index (χ1n) is 29.7. The second-order valence-electron chi connectivity index (χ2n) is 22.3. The van der Waals surface area contributed by atoms with E-state index in [1.165, 1.54) is 22.3 Å². The smallest absolute Gasteiger partial charge is 0.167 e. The summed E-state index contributed by atoms with van der Waals surface area (Å²) in [7, 11) is 0. The molecule has 2 atom stereocenters. The third kappa shape index (κ3) is 11.0. The number of carbonyl (C=O) groups excluding carboxylic acids is 1. The van der Waals surface area contributed by atoms with Gasteiger partial charge in [0.1, 0.15) is 5.76 Å². The summed E-state index contributed by atoms with van der Waals surface area (Å²) in [6, 6.07) is 96.0. The van der Waals surface area contributed by atoms with Crippen molar-refractivity contribution in [3.05, 3.63) is 362 Å². The number of allylic oxidation sites excluding steroid dienone is 1. The maximum Gasteiger partial charge on any atom is 0.167 e. The fraction of sp³-hybridized carbons (Fsp3) is 0.203. The zero-order valence-electron chi connectivity index (χ0n) is 47.6. The average Bonchev–Trinajstić information content (AvgIpc) is 1.69.